The molecule has 1 N–H and O–H groups in total. The molecule has 0 saturated carbocycles. The molecule has 4 rings (SSSR count). The van der Waals surface area contributed by atoms with E-state index in [0.29, 0.717) is 34.2 Å². The summed E-state index contributed by atoms with van der Waals surface area (Å²) in [6.45, 7) is 0. The summed E-state index contributed by atoms with van der Waals surface area (Å²) in [7, 11) is 4.69. The molecular formula is C26H23N3O5. The predicted octanol–water partition coefficient (Wildman–Crippen LogP) is 5.21. The Morgan fingerprint density at radius 3 is 2.18 bits per heavy atom. The molecule has 34 heavy (non-hydrogen) atoms. The molecule has 1 amide bonds. The first-order valence-electron chi connectivity index (χ1n) is 10.4. The fraction of sp³-hybridized carbons (Fsp3) is 0.115. The maximum absolute atomic E-state index is 12.9. The summed E-state index contributed by atoms with van der Waals surface area (Å²) in [5.41, 5.74) is 2.56. The first kappa shape index (κ1) is 22.6. The van der Waals surface area contributed by atoms with Gasteiger partial charge < -0.3 is 24.3 Å². The predicted molar refractivity (Wildman–Crippen MR) is 128 cm³/mol. The number of nitrogens with zero attached hydrogens (tertiary/aromatic N) is 2. The average Bonchev–Trinajstić information content (AvgIpc) is 2.89. The Morgan fingerprint density at radius 1 is 0.735 bits per heavy atom. The van der Waals surface area contributed by atoms with E-state index in [0.717, 1.165) is 11.1 Å². The largest absolute Gasteiger partial charge is 0.497 e. The van der Waals surface area contributed by atoms with Crippen LogP contribution in [0.15, 0.2) is 79.1 Å². The van der Waals surface area contributed by atoms with Gasteiger partial charge in [-0.3, -0.25) is 4.79 Å². The number of rotatable bonds is 8. The third-order valence-electron chi connectivity index (χ3n) is 4.99. The molecule has 8 nitrogen and oxygen atoms in total. The monoisotopic (exact) mass is 457 g/mol. The fourth-order valence-electron chi connectivity index (χ4n) is 3.22. The Bertz CT molecular complexity index is 1290. The summed E-state index contributed by atoms with van der Waals surface area (Å²) in [6, 6.07) is 19.8. The number of anilines is 1. The minimum atomic E-state index is -0.274. The number of hydrogen-bond acceptors (Lipinski definition) is 7. The van der Waals surface area contributed by atoms with Crippen molar-refractivity contribution in [1.82, 2.24) is 9.97 Å². The van der Waals surface area contributed by atoms with Gasteiger partial charge in [-0.25, -0.2) is 9.97 Å². The number of aromatic nitrogens is 2. The van der Waals surface area contributed by atoms with E-state index in [1.165, 1.54) is 7.11 Å². The Kier molecular flexibility index (Phi) is 6.88. The minimum absolute atomic E-state index is 0.206. The molecule has 0 bridgehead atoms. The maximum Gasteiger partial charge on any atom is 0.321 e. The molecule has 1 aromatic heterocycles. The van der Waals surface area contributed by atoms with Gasteiger partial charge in [-0.1, -0.05) is 18.2 Å². The summed E-state index contributed by atoms with van der Waals surface area (Å²) in [5.74, 6) is 2.11. The highest BCUT2D eigenvalue weighted by atomic mass is 16.5. The Labute approximate surface area is 197 Å². The van der Waals surface area contributed by atoms with Crippen molar-refractivity contribution in [2.75, 3.05) is 26.6 Å². The van der Waals surface area contributed by atoms with E-state index in [9.17, 15) is 4.79 Å². The van der Waals surface area contributed by atoms with E-state index in [1.54, 1.807) is 75.1 Å². The topological polar surface area (TPSA) is 91.8 Å². The lowest BCUT2D eigenvalue weighted by atomic mass is 10.1. The van der Waals surface area contributed by atoms with Crippen molar-refractivity contribution in [3.05, 3.63) is 84.7 Å². The van der Waals surface area contributed by atoms with Crippen LogP contribution in [0.25, 0.3) is 11.1 Å². The van der Waals surface area contributed by atoms with E-state index < -0.39 is 0 Å². The van der Waals surface area contributed by atoms with Crippen molar-refractivity contribution in [2.45, 2.75) is 0 Å². The standard InChI is InChI=1S/C26H23N3O5/c1-31-20-8-5-9-22(13-20)34-26-27-15-19(16-28-26)17-6-4-7-18(12-17)25(30)29-23-11-10-21(32-2)14-24(23)33-3/h4-16H,1-3H3,(H,29,30). The van der Waals surface area contributed by atoms with Gasteiger partial charge in [0, 0.05) is 35.7 Å². The second-order valence-electron chi connectivity index (χ2n) is 7.14. The molecule has 0 aliphatic carbocycles. The zero-order valence-electron chi connectivity index (χ0n) is 18.9. The normalized spacial score (nSPS) is 10.3. The summed E-state index contributed by atoms with van der Waals surface area (Å²) < 4.78 is 21.4. The van der Waals surface area contributed by atoms with Gasteiger partial charge in [0.1, 0.15) is 23.0 Å². The average molecular weight is 457 g/mol. The number of methoxy groups -OCH3 is 3. The number of amides is 1. The first-order valence-corrected chi connectivity index (χ1v) is 10.4. The van der Waals surface area contributed by atoms with Crippen LogP contribution in [-0.4, -0.2) is 37.2 Å². The van der Waals surface area contributed by atoms with Crippen molar-refractivity contribution in [1.29, 1.82) is 0 Å². The SMILES string of the molecule is COc1cccc(Oc2ncc(-c3cccc(C(=O)Nc4ccc(OC)cc4OC)c3)cn2)c1. The van der Waals surface area contributed by atoms with Crippen molar-refractivity contribution in [3.63, 3.8) is 0 Å². The lowest BCUT2D eigenvalue weighted by molar-refractivity contribution is 0.102. The molecule has 0 aliphatic rings. The highest BCUT2D eigenvalue weighted by Gasteiger charge is 2.12. The van der Waals surface area contributed by atoms with Crippen LogP contribution in [-0.2, 0) is 0 Å². The van der Waals surface area contributed by atoms with Gasteiger partial charge >= 0.3 is 6.01 Å². The fourth-order valence-corrected chi connectivity index (χ4v) is 3.22. The van der Waals surface area contributed by atoms with Crippen LogP contribution >= 0.6 is 0 Å². The molecule has 0 spiro atoms. The van der Waals surface area contributed by atoms with E-state index in [2.05, 4.69) is 15.3 Å². The van der Waals surface area contributed by atoms with Gasteiger partial charge in [0.2, 0.25) is 0 Å². The molecule has 4 aromatic rings. The van der Waals surface area contributed by atoms with Crippen LogP contribution < -0.4 is 24.3 Å². The van der Waals surface area contributed by atoms with Crippen LogP contribution in [0.2, 0.25) is 0 Å². The summed E-state index contributed by atoms with van der Waals surface area (Å²) >= 11 is 0. The van der Waals surface area contributed by atoms with Crippen molar-refractivity contribution < 1.29 is 23.7 Å². The molecule has 0 unspecified atom stereocenters. The van der Waals surface area contributed by atoms with E-state index >= 15 is 0 Å². The molecule has 0 atom stereocenters. The second-order valence-corrected chi connectivity index (χ2v) is 7.14. The van der Waals surface area contributed by atoms with Crippen LogP contribution in [0.4, 0.5) is 5.69 Å². The van der Waals surface area contributed by atoms with Crippen molar-refractivity contribution in [3.8, 4) is 40.1 Å². The Hall–Kier alpha value is -4.59. The molecule has 0 fully saturated rings. The summed E-state index contributed by atoms with van der Waals surface area (Å²) in [4.78, 5) is 21.4. The van der Waals surface area contributed by atoms with Gasteiger partial charge in [-0.2, -0.15) is 0 Å². The molecule has 0 radical (unpaired) electrons. The van der Waals surface area contributed by atoms with Gasteiger partial charge in [0.15, 0.2) is 0 Å². The van der Waals surface area contributed by atoms with Gasteiger partial charge in [-0.05, 0) is 42.0 Å². The molecule has 0 saturated heterocycles. The quantitative estimate of drug-likeness (QED) is 0.388. The van der Waals surface area contributed by atoms with Gasteiger partial charge in [0.05, 0.1) is 27.0 Å². The Balaban J connectivity index is 1.49. The third kappa shape index (κ3) is 5.24. The summed E-state index contributed by atoms with van der Waals surface area (Å²) in [5, 5.41) is 2.87. The summed E-state index contributed by atoms with van der Waals surface area (Å²) in [6.07, 6.45) is 3.29. The Morgan fingerprint density at radius 2 is 1.44 bits per heavy atom. The molecule has 3 aromatic carbocycles. The lowest BCUT2D eigenvalue weighted by Crippen LogP contribution is -2.12. The molecular weight excluding hydrogens is 434 g/mol. The van der Waals surface area contributed by atoms with Crippen LogP contribution in [0.5, 0.6) is 29.0 Å². The molecule has 1 heterocycles. The lowest BCUT2D eigenvalue weighted by Gasteiger charge is -2.12. The van der Waals surface area contributed by atoms with Crippen molar-refractivity contribution >= 4 is 11.6 Å². The van der Waals surface area contributed by atoms with E-state index in [4.69, 9.17) is 18.9 Å². The second kappa shape index (κ2) is 10.4. The molecule has 0 aliphatic heterocycles. The first-order chi connectivity index (χ1) is 16.6. The zero-order valence-corrected chi connectivity index (χ0v) is 18.9. The van der Waals surface area contributed by atoms with Crippen LogP contribution in [0.3, 0.4) is 0 Å². The zero-order chi connectivity index (χ0) is 23.9. The number of nitrogens with one attached hydrogen (secondary N) is 1. The number of benzene rings is 3. The minimum Gasteiger partial charge on any atom is -0.497 e. The number of carbonyl (C=O) groups excluding carboxylic acids is 1. The van der Waals surface area contributed by atoms with E-state index in [-0.39, 0.29) is 11.9 Å². The third-order valence-corrected chi connectivity index (χ3v) is 4.99. The number of ether oxygens (including phenoxy) is 4. The number of carbonyl (C=O) groups is 1. The van der Waals surface area contributed by atoms with Gasteiger partial charge in [0.25, 0.3) is 5.91 Å². The van der Waals surface area contributed by atoms with E-state index in [1.807, 2.05) is 18.2 Å². The molecule has 8 heteroatoms. The van der Waals surface area contributed by atoms with Gasteiger partial charge in [-0.15, -0.1) is 0 Å². The number of hydrogen-bond donors (Lipinski definition) is 1. The maximum atomic E-state index is 12.9. The van der Waals surface area contributed by atoms with Crippen LogP contribution in [0, 0.1) is 0 Å². The highest BCUT2D eigenvalue weighted by molar-refractivity contribution is 6.05. The van der Waals surface area contributed by atoms with Crippen molar-refractivity contribution in [2.24, 2.45) is 0 Å². The van der Waals surface area contributed by atoms with Crippen LogP contribution in [0.1, 0.15) is 10.4 Å². The smallest absolute Gasteiger partial charge is 0.321 e. The highest BCUT2D eigenvalue weighted by Crippen LogP contribution is 2.30. The molecule has 172 valence electrons.